The van der Waals surface area contributed by atoms with Crippen molar-refractivity contribution in [2.45, 2.75) is 19.8 Å². The Morgan fingerprint density at radius 3 is 2.86 bits per heavy atom. The molecule has 0 aliphatic carbocycles. The summed E-state index contributed by atoms with van der Waals surface area (Å²) in [7, 11) is 0. The predicted molar refractivity (Wildman–Crippen MR) is 81.0 cm³/mol. The molecule has 0 spiro atoms. The van der Waals surface area contributed by atoms with Gasteiger partial charge in [-0.25, -0.2) is 15.0 Å². The van der Waals surface area contributed by atoms with E-state index in [1.54, 1.807) is 6.33 Å². The maximum Gasteiger partial charge on any atom is 0.169 e. The lowest BCUT2D eigenvalue weighted by molar-refractivity contribution is -0.113. The molecule has 22 heavy (non-hydrogen) atoms. The lowest BCUT2D eigenvalue weighted by Crippen LogP contribution is -2.34. The number of piperidine rings is 1. The molecule has 1 N–H and O–H groups in total. The molecule has 7 heteroatoms. The number of imidazole rings is 1. The van der Waals surface area contributed by atoms with Gasteiger partial charge in [-0.2, -0.15) is 5.26 Å². The minimum absolute atomic E-state index is 0.168. The summed E-state index contributed by atoms with van der Waals surface area (Å²) in [6, 6.07) is 1.98. The second kappa shape index (κ2) is 5.93. The SMILES string of the molecule is CC(=O)/C(C#N)=C/C1CCN(c2ncnc3[nH]cnc23)CC1. The summed E-state index contributed by atoms with van der Waals surface area (Å²) in [6.45, 7) is 3.06. The van der Waals surface area contributed by atoms with E-state index in [2.05, 4.69) is 24.8 Å². The molecular formula is C15H16N6O. The number of H-pyrrole nitrogens is 1. The smallest absolute Gasteiger partial charge is 0.169 e. The zero-order valence-corrected chi connectivity index (χ0v) is 12.3. The minimum atomic E-state index is -0.168. The van der Waals surface area contributed by atoms with E-state index in [1.165, 1.54) is 13.3 Å². The van der Waals surface area contributed by atoms with Gasteiger partial charge in [0.15, 0.2) is 17.2 Å². The van der Waals surface area contributed by atoms with E-state index in [4.69, 9.17) is 5.26 Å². The third-order valence-electron chi connectivity index (χ3n) is 3.94. The van der Waals surface area contributed by atoms with Crippen LogP contribution in [0.15, 0.2) is 24.3 Å². The van der Waals surface area contributed by atoms with E-state index in [0.717, 1.165) is 42.9 Å². The third-order valence-corrected chi connectivity index (χ3v) is 3.94. The first-order valence-corrected chi connectivity index (χ1v) is 7.21. The molecule has 0 atom stereocenters. The number of carbonyl (C=O) groups excluding carboxylic acids is 1. The van der Waals surface area contributed by atoms with Crippen LogP contribution in [-0.4, -0.2) is 38.8 Å². The van der Waals surface area contributed by atoms with Gasteiger partial charge in [0.1, 0.15) is 17.9 Å². The van der Waals surface area contributed by atoms with E-state index in [0.29, 0.717) is 0 Å². The summed E-state index contributed by atoms with van der Waals surface area (Å²) in [6.07, 6.45) is 6.72. The molecule has 1 aliphatic heterocycles. The highest BCUT2D eigenvalue weighted by Gasteiger charge is 2.22. The van der Waals surface area contributed by atoms with E-state index in [-0.39, 0.29) is 17.3 Å². The van der Waals surface area contributed by atoms with Crippen molar-refractivity contribution in [1.82, 2.24) is 19.9 Å². The van der Waals surface area contributed by atoms with Crippen molar-refractivity contribution in [3.8, 4) is 6.07 Å². The van der Waals surface area contributed by atoms with Crippen molar-refractivity contribution in [3.63, 3.8) is 0 Å². The number of fused-ring (bicyclic) bond motifs is 1. The van der Waals surface area contributed by atoms with E-state index in [9.17, 15) is 4.79 Å². The number of ketones is 1. The highest BCUT2D eigenvalue weighted by molar-refractivity contribution is 5.97. The molecule has 0 radical (unpaired) electrons. The molecule has 2 aromatic heterocycles. The Morgan fingerprint density at radius 2 is 2.18 bits per heavy atom. The number of Topliss-reactive ketones (excluding diaryl/α,β-unsaturated/α-hetero) is 1. The Labute approximate surface area is 127 Å². The number of aromatic amines is 1. The zero-order chi connectivity index (χ0) is 15.5. The largest absolute Gasteiger partial charge is 0.355 e. The lowest BCUT2D eigenvalue weighted by Gasteiger charge is -2.31. The first-order valence-electron chi connectivity index (χ1n) is 7.21. The van der Waals surface area contributed by atoms with Gasteiger partial charge in [0.2, 0.25) is 0 Å². The standard InChI is InChI=1S/C15H16N6O/c1-10(22)12(7-16)6-11-2-4-21(5-3-11)15-13-14(18-8-17-13)19-9-20-15/h6,8-9,11H,2-5H2,1H3,(H,17,18,19,20)/b12-6+. The molecule has 2 aromatic rings. The van der Waals surface area contributed by atoms with Crippen LogP contribution in [0, 0.1) is 17.2 Å². The quantitative estimate of drug-likeness (QED) is 0.682. The van der Waals surface area contributed by atoms with Crippen LogP contribution >= 0.6 is 0 Å². The Morgan fingerprint density at radius 1 is 1.41 bits per heavy atom. The summed E-state index contributed by atoms with van der Waals surface area (Å²) >= 11 is 0. The number of nitrogens with one attached hydrogen (secondary N) is 1. The van der Waals surface area contributed by atoms with Gasteiger partial charge in [-0.1, -0.05) is 6.08 Å². The fraction of sp³-hybridized carbons (Fsp3) is 0.400. The number of rotatable bonds is 3. The lowest BCUT2D eigenvalue weighted by atomic mass is 9.93. The summed E-state index contributed by atoms with van der Waals surface area (Å²) in [5.74, 6) is 0.922. The second-order valence-corrected chi connectivity index (χ2v) is 5.37. The van der Waals surface area contributed by atoms with Gasteiger partial charge < -0.3 is 9.88 Å². The zero-order valence-electron chi connectivity index (χ0n) is 12.3. The van der Waals surface area contributed by atoms with Crippen molar-refractivity contribution in [1.29, 1.82) is 5.26 Å². The fourth-order valence-corrected chi connectivity index (χ4v) is 2.73. The summed E-state index contributed by atoms with van der Waals surface area (Å²) in [4.78, 5) is 29.2. The molecule has 7 nitrogen and oxygen atoms in total. The molecule has 3 rings (SSSR count). The average Bonchev–Trinajstić information content (AvgIpc) is 3.01. The van der Waals surface area contributed by atoms with Gasteiger partial charge in [0.05, 0.1) is 11.9 Å². The molecule has 112 valence electrons. The van der Waals surface area contributed by atoms with Gasteiger partial charge in [-0.3, -0.25) is 4.79 Å². The van der Waals surface area contributed by atoms with Gasteiger partial charge in [-0.15, -0.1) is 0 Å². The summed E-state index contributed by atoms with van der Waals surface area (Å²) in [5, 5.41) is 8.97. The topological polar surface area (TPSA) is 98.6 Å². The molecule has 0 amide bonds. The first-order chi connectivity index (χ1) is 10.7. The normalized spacial score (nSPS) is 16.7. The summed E-state index contributed by atoms with van der Waals surface area (Å²) in [5.41, 5.74) is 1.77. The summed E-state index contributed by atoms with van der Waals surface area (Å²) < 4.78 is 0. The van der Waals surface area contributed by atoms with Crippen LogP contribution in [0.2, 0.25) is 0 Å². The number of hydrogen-bond donors (Lipinski definition) is 1. The van der Waals surface area contributed by atoms with Crippen LogP contribution in [-0.2, 0) is 4.79 Å². The van der Waals surface area contributed by atoms with Crippen LogP contribution in [0.5, 0.6) is 0 Å². The van der Waals surface area contributed by atoms with Gasteiger partial charge in [-0.05, 0) is 25.7 Å². The highest BCUT2D eigenvalue weighted by Crippen LogP contribution is 2.26. The first kappa shape index (κ1) is 14.2. The van der Waals surface area contributed by atoms with Crippen molar-refractivity contribution in [2.75, 3.05) is 18.0 Å². The Balaban J connectivity index is 1.74. The number of allylic oxidation sites excluding steroid dienone is 2. The van der Waals surface area contributed by atoms with Crippen LogP contribution in [0.1, 0.15) is 19.8 Å². The van der Waals surface area contributed by atoms with Crippen LogP contribution < -0.4 is 4.90 Å². The number of nitriles is 1. The van der Waals surface area contributed by atoms with Crippen molar-refractivity contribution in [2.24, 2.45) is 5.92 Å². The molecule has 1 saturated heterocycles. The maximum absolute atomic E-state index is 11.3. The molecule has 1 aliphatic rings. The molecule has 1 fully saturated rings. The molecule has 3 heterocycles. The second-order valence-electron chi connectivity index (χ2n) is 5.37. The van der Waals surface area contributed by atoms with Gasteiger partial charge >= 0.3 is 0 Å². The number of nitrogens with zero attached hydrogens (tertiary/aromatic N) is 5. The molecule has 0 saturated carbocycles. The fourth-order valence-electron chi connectivity index (χ4n) is 2.73. The highest BCUT2D eigenvalue weighted by atomic mass is 16.1. The monoisotopic (exact) mass is 296 g/mol. The van der Waals surface area contributed by atoms with E-state index in [1.807, 2.05) is 12.1 Å². The van der Waals surface area contributed by atoms with Crippen LogP contribution in [0.4, 0.5) is 5.82 Å². The number of carbonyl (C=O) groups is 1. The third kappa shape index (κ3) is 2.68. The number of aromatic nitrogens is 4. The minimum Gasteiger partial charge on any atom is -0.355 e. The average molecular weight is 296 g/mol. The number of hydrogen-bond acceptors (Lipinski definition) is 6. The van der Waals surface area contributed by atoms with Crippen LogP contribution in [0.3, 0.4) is 0 Å². The molecule has 0 bridgehead atoms. The van der Waals surface area contributed by atoms with Gasteiger partial charge in [0.25, 0.3) is 0 Å². The molecular weight excluding hydrogens is 280 g/mol. The van der Waals surface area contributed by atoms with E-state index >= 15 is 0 Å². The van der Waals surface area contributed by atoms with Crippen LogP contribution in [0.25, 0.3) is 11.2 Å². The Bertz CT molecular complexity index is 764. The Kier molecular flexibility index (Phi) is 3.83. The van der Waals surface area contributed by atoms with Crippen molar-refractivity contribution < 1.29 is 4.79 Å². The Hall–Kier alpha value is -2.75. The maximum atomic E-state index is 11.3. The van der Waals surface area contributed by atoms with Crippen molar-refractivity contribution >= 4 is 22.8 Å². The predicted octanol–water partition coefficient (Wildman–Crippen LogP) is 1.61. The van der Waals surface area contributed by atoms with Gasteiger partial charge in [0, 0.05) is 13.1 Å². The molecule has 0 aromatic carbocycles. The van der Waals surface area contributed by atoms with E-state index < -0.39 is 0 Å². The van der Waals surface area contributed by atoms with Crippen molar-refractivity contribution in [3.05, 3.63) is 24.3 Å². The number of anilines is 1. The molecule has 0 unspecified atom stereocenters.